The highest BCUT2D eigenvalue weighted by atomic mass is 16.5. The third-order valence-electron chi connectivity index (χ3n) is 1.30. The van der Waals surface area contributed by atoms with Crippen LogP contribution in [0, 0.1) is 5.92 Å². The molecule has 0 aliphatic rings. The molecule has 10 heavy (non-hydrogen) atoms. The van der Waals surface area contributed by atoms with Gasteiger partial charge in [0.2, 0.25) is 0 Å². The quantitative estimate of drug-likeness (QED) is 0.582. The number of hydrogen-bond donors (Lipinski definition) is 1. The maximum absolute atomic E-state index is 10.8. The van der Waals surface area contributed by atoms with E-state index in [2.05, 4.69) is 10.1 Å². The first-order chi connectivity index (χ1) is 4.72. The molecule has 0 saturated heterocycles. The van der Waals surface area contributed by atoms with E-state index in [1.807, 2.05) is 13.8 Å². The number of carbonyl (C=O) groups is 1. The zero-order valence-corrected chi connectivity index (χ0v) is 6.81. The van der Waals surface area contributed by atoms with Crippen LogP contribution in [-0.4, -0.2) is 26.2 Å². The number of rotatable bonds is 4. The van der Waals surface area contributed by atoms with Gasteiger partial charge in [0.1, 0.15) is 0 Å². The predicted molar refractivity (Wildman–Crippen MR) is 39.7 cm³/mol. The molecule has 0 spiro atoms. The van der Waals surface area contributed by atoms with Crippen molar-refractivity contribution in [2.24, 2.45) is 5.92 Å². The van der Waals surface area contributed by atoms with Gasteiger partial charge in [-0.1, -0.05) is 13.8 Å². The van der Waals surface area contributed by atoms with Crippen molar-refractivity contribution in [2.75, 3.05) is 20.2 Å². The Morgan fingerprint density at radius 2 is 2.30 bits per heavy atom. The topological polar surface area (TPSA) is 38.3 Å². The molecule has 0 amide bonds. The Kier molecular flexibility index (Phi) is 4.94. The van der Waals surface area contributed by atoms with Crippen molar-refractivity contribution < 1.29 is 9.53 Å². The highest BCUT2D eigenvalue weighted by Gasteiger charge is 2.10. The van der Waals surface area contributed by atoms with Gasteiger partial charge in [0.05, 0.1) is 13.0 Å². The third kappa shape index (κ3) is 3.45. The summed E-state index contributed by atoms with van der Waals surface area (Å²) in [6.07, 6.45) is 0. The van der Waals surface area contributed by atoms with Crippen LogP contribution in [-0.2, 0) is 9.53 Å². The minimum absolute atomic E-state index is 0.0371. The van der Waals surface area contributed by atoms with Gasteiger partial charge in [0, 0.05) is 6.54 Å². The maximum atomic E-state index is 10.8. The number of ether oxygens (including phenoxy) is 1. The van der Waals surface area contributed by atoms with Crippen molar-refractivity contribution in [3.63, 3.8) is 0 Å². The first kappa shape index (κ1) is 9.43. The molecule has 0 aliphatic carbocycles. The van der Waals surface area contributed by atoms with E-state index in [0.29, 0.717) is 6.54 Å². The molecule has 0 aliphatic heterocycles. The molecule has 0 aromatic heterocycles. The maximum Gasteiger partial charge on any atom is 0.309 e. The summed E-state index contributed by atoms with van der Waals surface area (Å²) in [6.45, 7) is 5.43. The number of carbonyl (C=O) groups excluding carboxylic acids is 1. The van der Waals surface area contributed by atoms with Crippen LogP contribution >= 0.6 is 0 Å². The largest absolute Gasteiger partial charge is 0.469 e. The number of esters is 1. The average molecular weight is 145 g/mol. The Hall–Kier alpha value is -0.570. The number of nitrogens with one attached hydrogen (secondary N) is 1. The second-order valence-corrected chi connectivity index (χ2v) is 2.23. The Morgan fingerprint density at radius 1 is 1.70 bits per heavy atom. The van der Waals surface area contributed by atoms with Gasteiger partial charge < -0.3 is 10.1 Å². The van der Waals surface area contributed by atoms with Crippen molar-refractivity contribution in [3.05, 3.63) is 0 Å². The molecule has 0 unspecified atom stereocenters. The van der Waals surface area contributed by atoms with Gasteiger partial charge in [-0.15, -0.1) is 0 Å². The Bertz CT molecular complexity index is 104. The zero-order chi connectivity index (χ0) is 7.98. The van der Waals surface area contributed by atoms with E-state index in [4.69, 9.17) is 0 Å². The summed E-state index contributed by atoms with van der Waals surface area (Å²) in [5, 5.41) is 3.06. The molecule has 60 valence electrons. The van der Waals surface area contributed by atoms with Gasteiger partial charge in [-0.3, -0.25) is 4.79 Å². The highest BCUT2D eigenvalue weighted by Crippen LogP contribution is 1.94. The first-order valence-corrected chi connectivity index (χ1v) is 3.50. The van der Waals surface area contributed by atoms with Gasteiger partial charge in [0.25, 0.3) is 0 Å². The molecular weight excluding hydrogens is 130 g/mol. The number of hydrogen-bond acceptors (Lipinski definition) is 3. The summed E-state index contributed by atoms with van der Waals surface area (Å²) < 4.78 is 4.53. The summed E-state index contributed by atoms with van der Waals surface area (Å²) in [4.78, 5) is 10.8. The molecule has 0 aromatic carbocycles. The van der Waals surface area contributed by atoms with E-state index < -0.39 is 0 Å². The summed E-state index contributed by atoms with van der Waals surface area (Å²) in [5.74, 6) is -0.189. The molecule has 3 heteroatoms. The summed E-state index contributed by atoms with van der Waals surface area (Å²) in [6, 6.07) is 0. The van der Waals surface area contributed by atoms with Crippen molar-refractivity contribution in [2.45, 2.75) is 13.8 Å². The Balaban J connectivity index is 3.41. The van der Waals surface area contributed by atoms with Crippen LogP contribution in [0.25, 0.3) is 0 Å². The van der Waals surface area contributed by atoms with Crippen molar-refractivity contribution in [1.29, 1.82) is 0 Å². The van der Waals surface area contributed by atoms with E-state index in [0.717, 1.165) is 6.54 Å². The summed E-state index contributed by atoms with van der Waals surface area (Å²) >= 11 is 0. The number of methoxy groups -OCH3 is 1. The molecule has 0 fully saturated rings. The molecule has 1 N–H and O–H groups in total. The fourth-order valence-electron chi connectivity index (χ4n) is 0.645. The van der Waals surface area contributed by atoms with E-state index in [-0.39, 0.29) is 11.9 Å². The normalized spacial score (nSPS) is 12.7. The molecule has 0 aromatic rings. The second kappa shape index (κ2) is 5.23. The fraction of sp³-hybridized carbons (Fsp3) is 0.857. The van der Waals surface area contributed by atoms with Gasteiger partial charge in [-0.2, -0.15) is 0 Å². The van der Waals surface area contributed by atoms with E-state index in [9.17, 15) is 4.79 Å². The van der Waals surface area contributed by atoms with Crippen molar-refractivity contribution in [3.8, 4) is 0 Å². The van der Waals surface area contributed by atoms with E-state index >= 15 is 0 Å². The summed E-state index contributed by atoms with van der Waals surface area (Å²) in [7, 11) is 1.41. The van der Waals surface area contributed by atoms with Gasteiger partial charge in [-0.05, 0) is 6.54 Å². The molecule has 3 nitrogen and oxygen atoms in total. The lowest BCUT2D eigenvalue weighted by molar-refractivity contribution is -0.144. The Labute approximate surface area is 61.8 Å². The molecule has 0 bridgehead atoms. The SMILES string of the molecule is CCNC[C@@H](C)C(=O)OC. The van der Waals surface area contributed by atoms with Gasteiger partial charge in [0.15, 0.2) is 0 Å². The second-order valence-electron chi connectivity index (χ2n) is 2.23. The van der Waals surface area contributed by atoms with Gasteiger partial charge in [-0.25, -0.2) is 0 Å². The standard InChI is InChI=1S/C7H15NO2/c1-4-8-5-6(2)7(9)10-3/h6,8H,4-5H2,1-3H3/t6-/m1/s1. The lowest BCUT2D eigenvalue weighted by Gasteiger charge is -2.07. The monoisotopic (exact) mass is 145 g/mol. The molecule has 1 atom stereocenters. The molecule has 0 heterocycles. The zero-order valence-electron chi connectivity index (χ0n) is 6.81. The minimum Gasteiger partial charge on any atom is -0.469 e. The van der Waals surface area contributed by atoms with Crippen LogP contribution in [0.4, 0.5) is 0 Å². The fourth-order valence-corrected chi connectivity index (χ4v) is 0.645. The molecular formula is C7H15NO2. The summed E-state index contributed by atoms with van der Waals surface area (Å²) in [5.41, 5.74) is 0. The van der Waals surface area contributed by atoms with Crippen LogP contribution in [0.1, 0.15) is 13.8 Å². The first-order valence-electron chi connectivity index (χ1n) is 3.50. The van der Waals surface area contributed by atoms with Crippen LogP contribution < -0.4 is 5.32 Å². The third-order valence-corrected chi connectivity index (χ3v) is 1.30. The van der Waals surface area contributed by atoms with Gasteiger partial charge >= 0.3 is 5.97 Å². The van der Waals surface area contributed by atoms with Crippen LogP contribution in [0.5, 0.6) is 0 Å². The van der Waals surface area contributed by atoms with E-state index in [1.54, 1.807) is 0 Å². The predicted octanol–water partition coefficient (Wildman–Crippen LogP) is 0.405. The van der Waals surface area contributed by atoms with Crippen LogP contribution in [0.15, 0.2) is 0 Å². The smallest absolute Gasteiger partial charge is 0.309 e. The van der Waals surface area contributed by atoms with Crippen molar-refractivity contribution >= 4 is 5.97 Å². The lowest BCUT2D eigenvalue weighted by Crippen LogP contribution is -2.26. The average Bonchev–Trinajstić information content (AvgIpc) is 1.98. The minimum atomic E-state index is -0.152. The molecule has 0 saturated carbocycles. The Morgan fingerprint density at radius 3 is 2.70 bits per heavy atom. The van der Waals surface area contributed by atoms with Crippen LogP contribution in [0.2, 0.25) is 0 Å². The van der Waals surface area contributed by atoms with Crippen molar-refractivity contribution in [1.82, 2.24) is 5.32 Å². The van der Waals surface area contributed by atoms with E-state index in [1.165, 1.54) is 7.11 Å². The highest BCUT2D eigenvalue weighted by molar-refractivity contribution is 5.71. The molecule has 0 radical (unpaired) electrons. The molecule has 0 rings (SSSR count). The lowest BCUT2D eigenvalue weighted by atomic mass is 10.2. The van der Waals surface area contributed by atoms with Crippen LogP contribution in [0.3, 0.4) is 0 Å².